The van der Waals surface area contributed by atoms with E-state index in [0.29, 0.717) is 30.5 Å². The third-order valence-electron chi connectivity index (χ3n) is 6.42. The van der Waals surface area contributed by atoms with Crippen molar-refractivity contribution >= 4 is 39.9 Å². The molecule has 2 aliphatic rings. The van der Waals surface area contributed by atoms with Crippen molar-refractivity contribution in [2.75, 3.05) is 30.3 Å². The summed E-state index contributed by atoms with van der Waals surface area (Å²) in [6.45, 7) is 2.02. The lowest BCUT2D eigenvalue weighted by atomic mass is 9.74. The number of azo groups is 1. The summed E-state index contributed by atoms with van der Waals surface area (Å²) < 4.78 is 1.84. The van der Waals surface area contributed by atoms with Crippen LogP contribution < -0.4 is 10.6 Å². The van der Waals surface area contributed by atoms with E-state index in [1.165, 1.54) is 0 Å². The average molecular weight is 424 g/mol. The predicted molar refractivity (Wildman–Crippen MR) is 117 cm³/mol. The molecule has 2 N–H and O–H groups in total. The van der Waals surface area contributed by atoms with Crippen LogP contribution in [0.3, 0.4) is 0 Å². The van der Waals surface area contributed by atoms with E-state index in [1.54, 1.807) is 6.20 Å². The second kappa shape index (κ2) is 7.05. The van der Waals surface area contributed by atoms with Crippen molar-refractivity contribution in [2.24, 2.45) is 22.7 Å². The van der Waals surface area contributed by atoms with E-state index in [2.05, 4.69) is 31.3 Å². The topological polar surface area (TPSA) is 102 Å². The number of carbonyl (C=O) groups excluding carboxylic acids is 1. The van der Waals surface area contributed by atoms with Crippen LogP contribution in [-0.2, 0) is 11.8 Å². The van der Waals surface area contributed by atoms with Crippen molar-refractivity contribution in [3.05, 3.63) is 35.6 Å². The third kappa shape index (κ3) is 2.94. The first-order valence-corrected chi connectivity index (χ1v) is 10.4. The maximum Gasteiger partial charge on any atom is 0.270 e. The van der Waals surface area contributed by atoms with Gasteiger partial charge in [-0.1, -0.05) is 17.7 Å². The number of nitrogen functional groups attached to an aromatic ring is 1. The summed E-state index contributed by atoms with van der Waals surface area (Å²) in [5, 5.41) is 13.6. The average Bonchev–Trinajstić information content (AvgIpc) is 3.13. The van der Waals surface area contributed by atoms with E-state index < -0.39 is 5.41 Å². The molecule has 1 fully saturated rings. The highest BCUT2D eigenvalue weighted by atomic mass is 35.5. The Morgan fingerprint density at radius 1 is 1.17 bits per heavy atom. The number of aryl methyl sites for hydroxylation is 1. The lowest BCUT2D eigenvalue weighted by Crippen LogP contribution is -2.45. The van der Waals surface area contributed by atoms with Gasteiger partial charge in [0, 0.05) is 37.3 Å². The van der Waals surface area contributed by atoms with Crippen molar-refractivity contribution < 1.29 is 4.79 Å². The molecule has 1 saturated heterocycles. The number of amides is 1. The number of benzene rings is 1. The lowest BCUT2D eigenvalue weighted by molar-refractivity contribution is -0.130. The summed E-state index contributed by atoms with van der Waals surface area (Å²) in [6.07, 6.45) is 5.84. The highest BCUT2D eigenvalue weighted by Crippen LogP contribution is 2.45. The number of nitrogens with zero attached hydrogens (tertiary/aromatic N) is 6. The molecule has 0 aliphatic carbocycles. The monoisotopic (exact) mass is 423 g/mol. The Hall–Kier alpha value is -3.00. The van der Waals surface area contributed by atoms with E-state index in [0.717, 1.165) is 47.0 Å². The molecule has 30 heavy (non-hydrogen) atoms. The number of carbonyl (C=O) groups is 1. The van der Waals surface area contributed by atoms with Crippen molar-refractivity contribution in [3.63, 3.8) is 0 Å². The Morgan fingerprint density at radius 3 is 2.73 bits per heavy atom. The van der Waals surface area contributed by atoms with Crippen molar-refractivity contribution in [1.82, 2.24) is 14.8 Å². The molecule has 2 aromatic heterocycles. The van der Waals surface area contributed by atoms with Crippen molar-refractivity contribution in [3.8, 4) is 11.1 Å². The molecule has 0 atom stereocenters. The molecule has 3 aromatic rings. The van der Waals surface area contributed by atoms with Crippen LogP contribution in [-0.4, -0.2) is 40.3 Å². The number of rotatable bonds is 2. The minimum Gasteiger partial charge on any atom is -0.382 e. The summed E-state index contributed by atoms with van der Waals surface area (Å²) in [5.74, 6) is 0.219. The second-order valence-electron chi connectivity index (χ2n) is 8.05. The third-order valence-corrected chi connectivity index (χ3v) is 6.79. The van der Waals surface area contributed by atoms with Gasteiger partial charge in [-0.3, -0.25) is 9.48 Å². The first kappa shape index (κ1) is 19.0. The molecule has 0 saturated carbocycles. The number of piperidine rings is 1. The minimum absolute atomic E-state index is 0.0870. The van der Waals surface area contributed by atoms with Gasteiger partial charge in [-0.2, -0.15) is 10.2 Å². The van der Waals surface area contributed by atoms with E-state index in [4.69, 9.17) is 17.3 Å². The molecule has 9 heteroatoms. The van der Waals surface area contributed by atoms with Gasteiger partial charge in [-0.05, 0) is 37.0 Å². The molecule has 0 unspecified atom stereocenters. The summed E-state index contributed by atoms with van der Waals surface area (Å²) in [4.78, 5) is 18.9. The van der Waals surface area contributed by atoms with Gasteiger partial charge in [0.2, 0.25) is 0 Å². The van der Waals surface area contributed by atoms with Crippen LogP contribution in [0.2, 0.25) is 5.02 Å². The quantitative estimate of drug-likeness (QED) is 0.674. The maximum absolute atomic E-state index is 12.4. The van der Waals surface area contributed by atoms with Crippen LogP contribution >= 0.6 is 11.6 Å². The number of hydrogen-bond donors (Lipinski definition) is 1. The van der Waals surface area contributed by atoms with Gasteiger partial charge < -0.3 is 10.6 Å². The molecule has 0 radical (unpaired) electrons. The van der Waals surface area contributed by atoms with Crippen molar-refractivity contribution in [1.29, 1.82) is 0 Å². The Morgan fingerprint density at radius 2 is 1.97 bits per heavy atom. The summed E-state index contributed by atoms with van der Waals surface area (Å²) in [6, 6.07) is 6.18. The summed E-state index contributed by atoms with van der Waals surface area (Å²) in [7, 11) is 1.92. The van der Waals surface area contributed by atoms with Gasteiger partial charge >= 0.3 is 0 Å². The number of pyridine rings is 1. The molecule has 2 aliphatic heterocycles. The predicted octanol–water partition coefficient (Wildman–Crippen LogP) is 3.84. The number of aromatic nitrogens is 3. The van der Waals surface area contributed by atoms with Crippen LogP contribution in [0.1, 0.15) is 19.3 Å². The van der Waals surface area contributed by atoms with Crippen LogP contribution in [0, 0.1) is 5.41 Å². The zero-order valence-electron chi connectivity index (χ0n) is 16.7. The molecule has 154 valence electrons. The normalized spacial score (nSPS) is 18.5. The Bertz CT molecular complexity index is 1180. The van der Waals surface area contributed by atoms with Crippen LogP contribution in [0.25, 0.3) is 22.0 Å². The highest BCUT2D eigenvalue weighted by molar-refractivity contribution is 6.36. The van der Waals surface area contributed by atoms with E-state index in [1.807, 2.05) is 30.1 Å². The van der Waals surface area contributed by atoms with Crippen LogP contribution in [0.5, 0.6) is 0 Å². The Labute approximate surface area is 178 Å². The van der Waals surface area contributed by atoms with Gasteiger partial charge in [-0.15, -0.1) is 5.11 Å². The van der Waals surface area contributed by atoms with Crippen LogP contribution in [0.15, 0.2) is 40.8 Å². The molecule has 5 rings (SSSR count). The fraction of sp³-hybridized carbons (Fsp3) is 0.381. The van der Waals surface area contributed by atoms with Gasteiger partial charge in [0.1, 0.15) is 10.8 Å². The standard InChI is InChI=1S/C21H22ClN7O/c1-28-16-3-2-13(10-14(16)11-26-28)15-12-24-19(23)17(22)18(15)29-8-5-21(6-9-29)4-7-25-27-20(21)30/h2-3,10-12H,4-9H2,1H3,(H2,23,24). The van der Waals surface area contributed by atoms with Gasteiger partial charge in [0.05, 0.1) is 29.4 Å². The first-order valence-electron chi connectivity index (χ1n) is 10.0. The van der Waals surface area contributed by atoms with Gasteiger partial charge in [0.15, 0.2) is 0 Å². The fourth-order valence-corrected chi connectivity index (χ4v) is 4.83. The molecule has 1 spiro atoms. The second-order valence-corrected chi connectivity index (χ2v) is 8.43. The summed E-state index contributed by atoms with van der Waals surface area (Å²) >= 11 is 6.66. The first-order chi connectivity index (χ1) is 14.5. The Balaban J connectivity index is 1.53. The van der Waals surface area contributed by atoms with Crippen molar-refractivity contribution in [2.45, 2.75) is 19.3 Å². The number of anilines is 2. The van der Waals surface area contributed by atoms with Gasteiger partial charge in [0.25, 0.3) is 5.91 Å². The van der Waals surface area contributed by atoms with E-state index in [-0.39, 0.29) is 5.91 Å². The Kier molecular flexibility index (Phi) is 4.47. The molecule has 1 aromatic carbocycles. The molecular weight excluding hydrogens is 402 g/mol. The number of hydrogen-bond acceptors (Lipinski definition) is 6. The molecule has 0 bridgehead atoms. The molecule has 1 amide bonds. The lowest BCUT2D eigenvalue weighted by Gasteiger charge is -2.41. The van der Waals surface area contributed by atoms with Gasteiger partial charge in [-0.25, -0.2) is 4.98 Å². The molecular formula is C21H22ClN7O. The largest absolute Gasteiger partial charge is 0.382 e. The zero-order valence-corrected chi connectivity index (χ0v) is 17.4. The molecule has 4 heterocycles. The maximum atomic E-state index is 12.4. The number of nitrogens with two attached hydrogens (primary N) is 1. The fourth-order valence-electron chi connectivity index (χ4n) is 4.56. The zero-order chi connectivity index (χ0) is 20.9. The minimum atomic E-state index is -0.391. The highest BCUT2D eigenvalue weighted by Gasteiger charge is 2.43. The smallest absolute Gasteiger partial charge is 0.270 e. The summed E-state index contributed by atoms with van der Waals surface area (Å²) in [5.41, 5.74) is 9.52. The van der Waals surface area contributed by atoms with Crippen LogP contribution in [0.4, 0.5) is 11.5 Å². The number of halogens is 1. The van der Waals surface area contributed by atoms with E-state index >= 15 is 0 Å². The molecule has 8 nitrogen and oxygen atoms in total. The number of fused-ring (bicyclic) bond motifs is 1. The van der Waals surface area contributed by atoms with E-state index in [9.17, 15) is 4.79 Å². The SMILES string of the molecule is Cn1ncc2cc(-c3cnc(N)c(Cl)c3N3CCC4(CCN=NC4=O)CC3)ccc21.